The molecule has 3 aromatic rings. The van der Waals surface area contributed by atoms with Crippen molar-refractivity contribution >= 4 is 11.8 Å². The van der Waals surface area contributed by atoms with E-state index in [1.807, 2.05) is 42.5 Å². The van der Waals surface area contributed by atoms with E-state index in [0.29, 0.717) is 19.0 Å². The maximum atomic E-state index is 11.7. The highest BCUT2D eigenvalue weighted by molar-refractivity contribution is 6.40. The summed E-state index contributed by atoms with van der Waals surface area (Å²) in [5, 5.41) is 0. The van der Waals surface area contributed by atoms with Crippen LogP contribution in [-0.2, 0) is 9.53 Å². The molecule has 0 unspecified atom stereocenters. The fourth-order valence-corrected chi connectivity index (χ4v) is 2.61. The van der Waals surface area contributed by atoms with Gasteiger partial charge in [-0.1, -0.05) is 42.5 Å². The molecule has 0 aliphatic rings. The molecular formula is C23H20O5. The van der Waals surface area contributed by atoms with Gasteiger partial charge in [-0.3, -0.25) is 4.79 Å². The van der Waals surface area contributed by atoms with E-state index in [2.05, 4.69) is 16.9 Å². The molecule has 0 aliphatic carbocycles. The summed E-state index contributed by atoms with van der Waals surface area (Å²) in [4.78, 5) is 22.9. The number of ether oxygens (including phenoxy) is 3. The minimum Gasteiger partial charge on any atom is -0.490 e. The van der Waals surface area contributed by atoms with Crippen molar-refractivity contribution in [3.8, 4) is 22.6 Å². The van der Waals surface area contributed by atoms with Crippen LogP contribution >= 0.6 is 0 Å². The smallest absolute Gasteiger partial charge is 0.379 e. The van der Waals surface area contributed by atoms with Crippen molar-refractivity contribution in [1.82, 2.24) is 0 Å². The Morgan fingerprint density at radius 3 is 1.71 bits per heavy atom. The fraction of sp³-hybridized carbons (Fsp3) is 0.130. The summed E-state index contributed by atoms with van der Waals surface area (Å²) >= 11 is 0. The second kappa shape index (κ2) is 9.37. The van der Waals surface area contributed by atoms with Crippen LogP contribution in [0.25, 0.3) is 11.1 Å². The highest BCUT2D eigenvalue weighted by Crippen LogP contribution is 2.22. The number of methoxy groups -OCH3 is 1. The molecule has 0 spiro atoms. The molecule has 5 nitrogen and oxygen atoms in total. The first-order valence-corrected chi connectivity index (χ1v) is 8.81. The van der Waals surface area contributed by atoms with Crippen LogP contribution in [0.5, 0.6) is 11.5 Å². The monoisotopic (exact) mass is 376 g/mol. The lowest BCUT2D eigenvalue weighted by Crippen LogP contribution is -2.15. The molecule has 3 rings (SSSR count). The zero-order valence-corrected chi connectivity index (χ0v) is 15.5. The number of benzene rings is 3. The molecule has 0 aromatic heterocycles. The summed E-state index contributed by atoms with van der Waals surface area (Å²) in [6.07, 6.45) is 0. The number of Topliss-reactive ketones (excluding diaryl/α,β-unsaturated/α-hetero) is 1. The predicted octanol–water partition coefficient (Wildman–Crippen LogP) is 4.17. The third-order valence-corrected chi connectivity index (χ3v) is 4.07. The van der Waals surface area contributed by atoms with Gasteiger partial charge in [0.2, 0.25) is 0 Å². The minimum absolute atomic E-state index is 0.258. The lowest BCUT2D eigenvalue weighted by atomic mass is 10.1. The molecule has 0 fully saturated rings. The highest BCUT2D eigenvalue weighted by Gasteiger charge is 2.16. The Hall–Kier alpha value is -3.60. The summed E-state index contributed by atoms with van der Waals surface area (Å²) in [6.45, 7) is 0.734. The van der Waals surface area contributed by atoms with Crippen LogP contribution in [-0.4, -0.2) is 32.1 Å². The molecule has 28 heavy (non-hydrogen) atoms. The first-order chi connectivity index (χ1) is 13.7. The molecule has 0 N–H and O–H groups in total. The van der Waals surface area contributed by atoms with Gasteiger partial charge in [-0.05, 0) is 47.5 Å². The number of hydrogen-bond donors (Lipinski definition) is 0. The Morgan fingerprint density at radius 1 is 0.679 bits per heavy atom. The number of hydrogen-bond acceptors (Lipinski definition) is 5. The van der Waals surface area contributed by atoms with E-state index in [0.717, 1.165) is 16.9 Å². The number of carbonyl (C=O) groups excluding carboxylic acids is 2. The van der Waals surface area contributed by atoms with Crippen molar-refractivity contribution in [1.29, 1.82) is 0 Å². The maximum absolute atomic E-state index is 11.7. The lowest BCUT2D eigenvalue weighted by molar-refractivity contribution is -0.135. The largest absolute Gasteiger partial charge is 0.490 e. The van der Waals surface area contributed by atoms with Crippen molar-refractivity contribution in [2.45, 2.75) is 0 Å². The molecule has 0 saturated heterocycles. The Morgan fingerprint density at radius 2 is 1.18 bits per heavy atom. The first-order valence-electron chi connectivity index (χ1n) is 8.81. The van der Waals surface area contributed by atoms with Gasteiger partial charge in [0.25, 0.3) is 5.78 Å². The van der Waals surface area contributed by atoms with Gasteiger partial charge in [-0.25, -0.2) is 4.79 Å². The molecule has 3 aromatic carbocycles. The van der Waals surface area contributed by atoms with Crippen LogP contribution in [0.1, 0.15) is 10.4 Å². The SMILES string of the molecule is COC(=O)C(=O)c1ccc(OCCOc2ccc(-c3ccccc3)cc2)cc1. The van der Waals surface area contributed by atoms with Crippen molar-refractivity contribution in [2.24, 2.45) is 0 Å². The zero-order chi connectivity index (χ0) is 19.8. The molecule has 0 atom stereocenters. The van der Waals surface area contributed by atoms with E-state index in [4.69, 9.17) is 9.47 Å². The van der Waals surface area contributed by atoms with Gasteiger partial charge in [0, 0.05) is 5.56 Å². The average Bonchev–Trinajstić information content (AvgIpc) is 2.77. The summed E-state index contributed by atoms with van der Waals surface area (Å²) in [5.41, 5.74) is 2.55. The molecule has 0 saturated carbocycles. The standard InChI is InChI=1S/C23H20O5/c1-26-23(25)22(24)19-9-13-21(14-10-19)28-16-15-27-20-11-7-18(8-12-20)17-5-3-2-4-6-17/h2-14H,15-16H2,1H3. The summed E-state index contributed by atoms with van der Waals surface area (Å²) in [5.74, 6) is -0.219. The van der Waals surface area contributed by atoms with Gasteiger partial charge in [-0.15, -0.1) is 0 Å². The van der Waals surface area contributed by atoms with E-state index >= 15 is 0 Å². The first kappa shape index (κ1) is 19.2. The van der Waals surface area contributed by atoms with Crippen LogP contribution < -0.4 is 9.47 Å². The summed E-state index contributed by atoms with van der Waals surface area (Å²) in [6, 6.07) is 24.3. The average molecular weight is 376 g/mol. The Kier molecular flexibility index (Phi) is 6.41. The van der Waals surface area contributed by atoms with Gasteiger partial charge < -0.3 is 14.2 Å². The number of ketones is 1. The van der Waals surface area contributed by atoms with Crippen LogP contribution in [0.4, 0.5) is 0 Å². The normalized spacial score (nSPS) is 10.2. The van der Waals surface area contributed by atoms with E-state index in [9.17, 15) is 9.59 Å². The van der Waals surface area contributed by atoms with Crippen LogP contribution in [0.2, 0.25) is 0 Å². The molecular weight excluding hydrogens is 356 g/mol. The topological polar surface area (TPSA) is 61.8 Å². The maximum Gasteiger partial charge on any atom is 0.379 e. The third-order valence-electron chi connectivity index (χ3n) is 4.07. The fourth-order valence-electron chi connectivity index (χ4n) is 2.61. The Balaban J connectivity index is 1.45. The van der Waals surface area contributed by atoms with E-state index in [1.165, 1.54) is 19.2 Å². The van der Waals surface area contributed by atoms with Crippen molar-refractivity contribution in [2.75, 3.05) is 20.3 Å². The molecule has 0 bridgehead atoms. The van der Waals surface area contributed by atoms with Gasteiger partial charge in [0.1, 0.15) is 24.7 Å². The van der Waals surface area contributed by atoms with Crippen molar-refractivity contribution in [3.63, 3.8) is 0 Å². The van der Waals surface area contributed by atoms with Gasteiger partial charge in [-0.2, -0.15) is 0 Å². The van der Waals surface area contributed by atoms with E-state index in [-0.39, 0.29) is 5.56 Å². The second-order valence-electron chi connectivity index (χ2n) is 5.93. The minimum atomic E-state index is -0.889. The second-order valence-corrected chi connectivity index (χ2v) is 5.93. The summed E-state index contributed by atoms with van der Waals surface area (Å²) in [7, 11) is 1.17. The van der Waals surface area contributed by atoms with Crippen molar-refractivity contribution < 1.29 is 23.8 Å². The Bertz CT molecular complexity index is 915. The van der Waals surface area contributed by atoms with Gasteiger partial charge >= 0.3 is 5.97 Å². The summed E-state index contributed by atoms with van der Waals surface area (Å²) < 4.78 is 15.7. The molecule has 0 aliphatic heterocycles. The van der Waals surface area contributed by atoms with E-state index < -0.39 is 11.8 Å². The predicted molar refractivity (Wildman–Crippen MR) is 106 cm³/mol. The van der Waals surface area contributed by atoms with E-state index in [1.54, 1.807) is 12.1 Å². The number of rotatable bonds is 8. The highest BCUT2D eigenvalue weighted by atomic mass is 16.5. The van der Waals surface area contributed by atoms with Crippen LogP contribution in [0, 0.1) is 0 Å². The van der Waals surface area contributed by atoms with Gasteiger partial charge in [0.15, 0.2) is 0 Å². The molecule has 0 radical (unpaired) electrons. The molecule has 5 heteroatoms. The Labute approximate surface area is 163 Å². The lowest BCUT2D eigenvalue weighted by Gasteiger charge is -2.09. The van der Waals surface area contributed by atoms with Gasteiger partial charge in [0.05, 0.1) is 7.11 Å². The number of esters is 1. The zero-order valence-electron chi connectivity index (χ0n) is 15.5. The van der Waals surface area contributed by atoms with Crippen LogP contribution in [0.3, 0.4) is 0 Å². The quantitative estimate of drug-likeness (QED) is 0.256. The third kappa shape index (κ3) is 4.98. The molecule has 0 amide bonds. The molecule has 142 valence electrons. The van der Waals surface area contributed by atoms with Crippen molar-refractivity contribution in [3.05, 3.63) is 84.4 Å². The van der Waals surface area contributed by atoms with Crippen LogP contribution in [0.15, 0.2) is 78.9 Å². The number of carbonyl (C=O) groups is 2. The molecule has 0 heterocycles.